The van der Waals surface area contributed by atoms with Gasteiger partial charge in [-0.1, -0.05) is 6.42 Å². The highest BCUT2D eigenvalue weighted by Crippen LogP contribution is 1.78. The lowest BCUT2D eigenvalue weighted by Crippen LogP contribution is -2.29. The van der Waals surface area contributed by atoms with E-state index in [0.717, 1.165) is 13.1 Å². The number of hydrogen-bond donors (Lipinski definition) is 2. The summed E-state index contributed by atoms with van der Waals surface area (Å²) in [7, 11) is 0. The van der Waals surface area contributed by atoms with Crippen molar-refractivity contribution in [2.24, 2.45) is 4.99 Å². The van der Waals surface area contributed by atoms with Crippen molar-refractivity contribution in [2.75, 3.05) is 13.1 Å². The fraction of sp³-hybridized carbons (Fsp3) is 0.400. The maximum Gasteiger partial charge on any atom is 0.203 e. The minimum Gasteiger partial charge on any atom is -0.354 e. The Balaban J connectivity index is 2.36. The molecule has 0 amide bonds. The van der Waals surface area contributed by atoms with Crippen molar-refractivity contribution in [3.8, 4) is 12.5 Å². The van der Waals surface area contributed by atoms with Crippen molar-refractivity contribution in [1.29, 1.82) is 0 Å². The van der Waals surface area contributed by atoms with Gasteiger partial charge < -0.3 is 5.32 Å². The van der Waals surface area contributed by atoms with E-state index >= 15 is 0 Å². The Morgan fingerprint density at radius 2 is 2.75 bits per heavy atom. The molecule has 42 valence electrons. The molecule has 1 aliphatic rings. The van der Waals surface area contributed by atoms with E-state index < -0.39 is 0 Å². The normalized spacial score (nSPS) is 16.1. The molecule has 0 aromatic rings. The summed E-state index contributed by atoms with van der Waals surface area (Å²) < 4.78 is 0. The topological polar surface area (TPSA) is 36.4 Å². The first kappa shape index (κ1) is 4.98. The lowest BCUT2D eigenvalue weighted by Gasteiger charge is -1.94. The highest BCUT2D eigenvalue weighted by atomic mass is 15.2. The maximum absolute atomic E-state index is 4.93. The third-order valence-corrected chi connectivity index (χ3v) is 0.865. The Morgan fingerprint density at radius 3 is 3.25 bits per heavy atom. The molecule has 2 N–H and O–H groups in total. The average molecular weight is 109 g/mol. The molecular formula is C5H7N3. The molecular weight excluding hydrogens is 102 g/mol. The summed E-state index contributed by atoms with van der Waals surface area (Å²) >= 11 is 0. The monoisotopic (exact) mass is 109 g/mol. The van der Waals surface area contributed by atoms with Crippen LogP contribution in [-0.2, 0) is 0 Å². The fourth-order valence-electron chi connectivity index (χ4n) is 0.550. The molecule has 0 aliphatic carbocycles. The van der Waals surface area contributed by atoms with E-state index in [1.54, 1.807) is 0 Å². The molecule has 0 spiro atoms. The fourth-order valence-corrected chi connectivity index (χ4v) is 0.550. The molecule has 1 heterocycles. The number of aliphatic imine (C=N–C) groups is 1. The molecule has 3 heteroatoms. The van der Waals surface area contributed by atoms with Crippen molar-refractivity contribution >= 4 is 5.96 Å². The first-order valence-corrected chi connectivity index (χ1v) is 2.43. The second-order valence-corrected chi connectivity index (χ2v) is 1.43. The quantitative estimate of drug-likeness (QED) is 0.313. The van der Waals surface area contributed by atoms with Gasteiger partial charge in [-0.05, 0) is 0 Å². The van der Waals surface area contributed by atoms with Crippen LogP contribution in [-0.4, -0.2) is 19.0 Å². The summed E-state index contributed by atoms with van der Waals surface area (Å²) in [5, 5.41) is 5.56. The zero-order valence-electron chi connectivity index (χ0n) is 4.44. The van der Waals surface area contributed by atoms with Crippen molar-refractivity contribution in [3.05, 3.63) is 0 Å². The van der Waals surface area contributed by atoms with Crippen LogP contribution in [0.2, 0.25) is 0 Å². The Morgan fingerprint density at radius 1 is 1.88 bits per heavy atom. The number of nitrogens with zero attached hydrogens (tertiary/aromatic N) is 1. The second kappa shape index (κ2) is 2.22. The second-order valence-electron chi connectivity index (χ2n) is 1.43. The van der Waals surface area contributed by atoms with E-state index in [2.05, 4.69) is 21.7 Å². The lowest BCUT2D eigenvalue weighted by molar-refractivity contribution is 0.950. The van der Waals surface area contributed by atoms with Crippen molar-refractivity contribution in [3.63, 3.8) is 0 Å². The minimum absolute atomic E-state index is 0.715. The Hall–Kier alpha value is -1.17. The van der Waals surface area contributed by atoms with E-state index in [-0.39, 0.29) is 0 Å². The van der Waals surface area contributed by atoms with Gasteiger partial charge in [0, 0.05) is 12.6 Å². The predicted molar refractivity (Wildman–Crippen MR) is 32.3 cm³/mol. The number of nitrogens with one attached hydrogen (secondary N) is 2. The third kappa shape index (κ3) is 0.909. The molecule has 0 atom stereocenters. The molecule has 0 saturated heterocycles. The van der Waals surface area contributed by atoms with Crippen molar-refractivity contribution in [2.45, 2.75) is 0 Å². The van der Waals surface area contributed by atoms with Crippen LogP contribution in [0.25, 0.3) is 0 Å². The molecule has 0 bridgehead atoms. The minimum atomic E-state index is 0.715. The van der Waals surface area contributed by atoms with Gasteiger partial charge in [-0.25, -0.2) is 0 Å². The van der Waals surface area contributed by atoms with Gasteiger partial charge in [-0.15, -0.1) is 0 Å². The molecule has 0 saturated carbocycles. The van der Waals surface area contributed by atoms with E-state index in [9.17, 15) is 0 Å². The van der Waals surface area contributed by atoms with E-state index in [1.165, 1.54) is 0 Å². The van der Waals surface area contributed by atoms with E-state index in [4.69, 9.17) is 6.42 Å². The number of guanidine groups is 1. The first-order valence-electron chi connectivity index (χ1n) is 2.43. The zero-order chi connectivity index (χ0) is 5.82. The zero-order valence-corrected chi connectivity index (χ0v) is 4.44. The SMILES string of the molecule is C#CNC1=NCCN1. The van der Waals surface area contributed by atoms with Gasteiger partial charge in [0.2, 0.25) is 5.96 Å². The summed E-state index contributed by atoms with van der Waals surface area (Å²) in [6.45, 7) is 1.72. The van der Waals surface area contributed by atoms with Crippen LogP contribution in [0.4, 0.5) is 0 Å². The first-order chi connectivity index (χ1) is 3.93. The van der Waals surface area contributed by atoms with Crippen LogP contribution in [0.15, 0.2) is 4.99 Å². The van der Waals surface area contributed by atoms with E-state index in [0.29, 0.717) is 5.96 Å². The van der Waals surface area contributed by atoms with Gasteiger partial charge in [0.25, 0.3) is 0 Å². The third-order valence-electron chi connectivity index (χ3n) is 0.865. The summed E-state index contributed by atoms with van der Waals surface area (Å²) in [5.74, 6) is 0.715. The largest absolute Gasteiger partial charge is 0.354 e. The smallest absolute Gasteiger partial charge is 0.203 e. The van der Waals surface area contributed by atoms with Crippen molar-refractivity contribution in [1.82, 2.24) is 10.6 Å². The molecule has 3 nitrogen and oxygen atoms in total. The predicted octanol–water partition coefficient (Wildman–Crippen LogP) is -0.874. The van der Waals surface area contributed by atoms with Gasteiger partial charge >= 0.3 is 0 Å². The molecule has 1 aliphatic heterocycles. The standard InChI is InChI=1S/C5H7N3/c1-2-6-5-7-3-4-8-5/h1H,3-4H2,(H2,6,7,8). The van der Waals surface area contributed by atoms with E-state index in [1.807, 2.05) is 0 Å². The summed E-state index contributed by atoms with van der Waals surface area (Å²) in [4.78, 5) is 3.98. The number of hydrogen-bond acceptors (Lipinski definition) is 3. The Bertz CT molecular complexity index is 142. The van der Waals surface area contributed by atoms with Crippen LogP contribution < -0.4 is 10.6 Å². The molecule has 0 fully saturated rings. The van der Waals surface area contributed by atoms with Crippen LogP contribution in [0.3, 0.4) is 0 Å². The average Bonchev–Trinajstić information content (AvgIpc) is 2.19. The highest BCUT2D eigenvalue weighted by molar-refractivity contribution is 5.82. The maximum atomic E-state index is 4.93. The van der Waals surface area contributed by atoms with Crippen LogP contribution in [0.5, 0.6) is 0 Å². The van der Waals surface area contributed by atoms with Crippen LogP contribution in [0.1, 0.15) is 0 Å². The van der Waals surface area contributed by atoms with Crippen LogP contribution >= 0.6 is 0 Å². The summed E-state index contributed by atoms with van der Waals surface area (Å²) in [6.07, 6.45) is 4.93. The molecule has 0 radical (unpaired) electrons. The van der Waals surface area contributed by atoms with Crippen LogP contribution in [0, 0.1) is 12.5 Å². The highest BCUT2D eigenvalue weighted by Gasteiger charge is 1.99. The van der Waals surface area contributed by atoms with Crippen molar-refractivity contribution < 1.29 is 0 Å². The van der Waals surface area contributed by atoms with Gasteiger partial charge in [-0.2, -0.15) is 0 Å². The van der Waals surface area contributed by atoms with Gasteiger partial charge in [0.05, 0.1) is 6.54 Å². The lowest BCUT2D eigenvalue weighted by atomic mass is 10.7. The molecule has 1 rings (SSSR count). The molecule has 0 aromatic heterocycles. The van der Waals surface area contributed by atoms with Gasteiger partial charge in [-0.3, -0.25) is 10.3 Å². The van der Waals surface area contributed by atoms with Gasteiger partial charge in [0.15, 0.2) is 0 Å². The molecule has 0 aromatic carbocycles. The molecule has 0 unspecified atom stereocenters. The summed E-state index contributed by atoms with van der Waals surface area (Å²) in [5.41, 5.74) is 0. The molecule has 8 heavy (non-hydrogen) atoms. The number of rotatable bonds is 0. The number of terminal acetylenes is 1. The Labute approximate surface area is 48.2 Å². The summed E-state index contributed by atoms with van der Waals surface area (Å²) in [6, 6.07) is 2.27. The Kier molecular flexibility index (Phi) is 1.38. The van der Waals surface area contributed by atoms with Gasteiger partial charge in [0.1, 0.15) is 0 Å².